The van der Waals surface area contributed by atoms with Crippen molar-refractivity contribution < 1.29 is 14.4 Å². The molecule has 0 saturated carbocycles. The standard InChI is InChI=1S/C26H42N4O3/c1-5-30(6-2)26-24(25(27-33-26)22-10-8-7-9-11-22)20-29(13-12-21(3)4)19-23(31)18-28-14-16-32-17-15-28/h7-11,21,23,31H,5-6,12-20H2,1-4H3/t23-/m0/s1. The molecule has 1 fully saturated rings. The van der Waals surface area contributed by atoms with Crippen molar-refractivity contribution in [3.8, 4) is 11.3 Å². The van der Waals surface area contributed by atoms with Gasteiger partial charge in [0.05, 0.1) is 24.9 Å². The van der Waals surface area contributed by atoms with Crippen molar-refractivity contribution in [2.75, 3.05) is 63.9 Å². The Hall–Kier alpha value is -1.93. The Kier molecular flexibility index (Phi) is 10.2. The SMILES string of the molecule is CCN(CC)c1onc(-c2ccccc2)c1CN(CCC(C)C)C[C@@H](O)CN1CCOCC1. The highest BCUT2D eigenvalue weighted by Gasteiger charge is 2.25. The van der Waals surface area contributed by atoms with Crippen LogP contribution in [0.2, 0.25) is 0 Å². The van der Waals surface area contributed by atoms with Gasteiger partial charge in [0.2, 0.25) is 5.88 Å². The number of aromatic nitrogens is 1. The zero-order valence-corrected chi connectivity index (χ0v) is 20.9. The van der Waals surface area contributed by atoms with Crippen LogP contribution in [0.25, 0.3) is 11.3 Å². The molecule has 1 aromatic carbocycles. The third-order valence-electron chi connectivity index (χ3n) is 6.31. The largest absolute Gasteiger partial charge is 0.390 e. The third-order valence-corrected chi connectivity index (χ3v) is 6.31. The van der Waals surface area contributed by atoms with Crippen LogP contribution >= 0.6 is 0 Å². The van der Waals surface area contributed by atoms with Crippen molar-refractivity contribution in [2.24, 2.45) is 5.92 Å². The molecule has 1 saturated heterocycles. The van der Waals surface area contributed by atoms with Gasteiger partial charge in [0.1, 0.15) is 5.69 Å². The summed E-state index contributed by atoms with van der Waals surface area (Å²) in [5.74, 6) is 1.44. The fraction of sp³-hybridized carbons (Fsp3) is 0.654. The Morgan fingerprint density at radius 3 is 2.42 bits per heavy atom. The van der Waals surface area contributed by atoms with E-state index >= 15 is 0 Å². The van der Waals surface area contributed by atoms with Crippen LogP contribution in [0.3, 0.4) is 0 Å². The number of hydrogen-bond acceptors (Lipinski definition) is 7. The van der Waals surface area contributed by atoms with E-state index in [-0.39, 0.29) is 0 Å². The molecule has 7 heteroatoms. The highest BCUT2D eigenvalue weighted by molar-refractivity contribution is 5.68. The molecule has 0 bridgehead atoms. The number of hydrogen-bond donors (Lipinski definition) is 1. The number of benzene rings is 1. The number of aliphatic hydroxyl groups excluding tert-OH is 1. The van der Waals surface area contributed by atoms with Crippen molar-refractivity contribution in [3.05, 3.63) is 35.9 Å². The summed E-state index contributed by atoms with van der Waals surface area (Å²) in [5.41, 5.74) is 3.06. The summed E-state index contributed by atoms with van der Waals surface area (Å²) >= 11 is 0. The average molecular weight is 459 g/mol. The van der Waals surface area contributed by atoms with Crippen LogP contribution in [-0.2, 0) is 11.3 Å². The Morgan fingerprint density at radius 1 is 1.09 bits per heavy atom. The number of morpholine rings is 1. The number of rotatable bonds is 13. The minimum Gasteiger partial charge on any atom is -0.390 e. The molecule has 0 unspecified atom stereocenters. The van der Waals surface area contributed by atoms with Crippen LogP contribution in [0, 0.1) is 5.92 Å². The summed E-state index contributed by atoms with van der Waals surface area (Å²) in [7, 11) is 0. The average Bonchev–Trinajstić information content (AvgIpc) is 3.22. The number of ether oxygens (including phenoxy) is 1. The second kappa shape index (κ2) is 13.1. The summed E-state index contributed by atoms with van der Waals surface area (Å²) in [6.45, 7) is 16.7. The van der Waals surface area contributed by atoms with E-state index in [0.29, 0.717) is 25.6 Å². The summed E-state index contributed by atoms with van der Waals surface area (Å²) < 4.78 is 11.4. The molecule has 1 N–H and O–H groups in total. The number of aliphatic hydroxyl groups is 1. The molecule has 0 aliphatic carbocycles. The second-order valence-electron chi connectivity index (χ2n) is 9.34. The second-order valence-corrected chi connectivity index (χ2v) is 9.34. The maximum Gasteiger partial charge on any atom is 0.232 e. The summed E-state index contributed by atoms with van der Waals surface area (Å²) in [4.78, 5) is 6.89. The van der Waals surface area contributed by atoms with E-state index in [1.807, 2.05) is 18.2 Å². The Balaban J connectivity index is 1.82. The van der Waals surface area contributed by atoms with Gasteiger partial charge in [-0.3, -0.25) is 9.80 Å². The zero-order valence-electron chi connectivity index (χ0n) is 20.9. The van der Waals surface area contributed by atoms with Gasteiger partial charge in [-0.1, -0.05) is 49.3 Å². The van der Waals surface area contributed by atoms with Gasteiger partial charge in [0, 0.05) is 51.4 Å². The fourth-order valence-electron chi connectivity index (χ4n) is 4.36. The molecule has 2 aromatic rings. The van der Waals surface area contributed by atoms with Crippen molar-refractivity contribution in [3.63, 3.8) is 0 Å². The number of β-amino-alcohol motifs (C(OH)–C–C–N with tert-alkyl or cyclic N) is 1. The lowest BCUT2D eigenvalue weighted by molar-refractivity contribution is 0.00595. The molecule has 2 heterocycles. The van der Waals surface area contributed by atoms with Gasteiger partial charge in [-0.05, 0) is 32.7 Å². The minimum absolute atomic E-state index is 0.410. The van der Waals surface area contributed by atoms with E-state index in [2.05, 4.69) is 59.7 Å². The monoisotopic (exact) mass is 458 g/mol. The molecule has 0 spiro atoms. The van der Waals surface area contributed by atoms with E-state index in [9.17, 15) is 5.11 Å². The van der Waals surface area contributed by atoms with Crippen molar-refractivity contribution in [1.29, 1.82) is 0 Å². The van der Waals surface area contributed by atoms with Crippen LogP contribution in [-0.4, -0.2) is 85.2 Å². The van der Waals surface area contributed by atoms with Crippen molar-refractivity contribution >= 4 is 5.88 Å². The first-order valence-electron chi connectivity index (χ1n) is 12.5. The summed E-state index contributed by atoms with van der Waals surface area (Å²) in [5, 5.41) is 15.4. The Labute approximate surface area is 199 Å². The van der Waals surface area contributed by atoms with Gasteiger partial charge < -0.3 is 19.3 Å². The molecule has 0 amide bonds. The van der Waals surface area contributed by atoms with E-state index in [1.54, 1.807) is 0 Å². The summed E-state index contributed by atoms with van der Waals surface area (Å²) in [6, 6.07) is 10.3. The normalized spacial score (nSPS) is 16.0. The molecule has 1 aliphatic rings. The van der Waals surface area contributed by atoms with Crippen LogP contribution in [0.1, 0.15) is 39.7 Å². The first-order valence-corrected chi connectivity index (χ1v) is 12.5. The van der Waals surface area contributed by atoms with Gasteiger partial charge in [-0.2, -0.15) is 0 Å². The third kappa shape index (κ3) is 7.54. The van der Waals surface area contributed by atoms with Gasteiger partial charge in [-0.15, -0.1) is 0 Å². The topological polar surface area (TPSA) is 65.2 Å². The molecular weight excluding hydrogens is 416 g/mol. The zero-order chi connectivity index (χ0) is 23.6. The predicted octanol–water partition coefficient (Wildman–Crippen LogP) is 3.73. The van der Waals surface area contributed by atoms with E-state index < -0.39 is 6.10 Å². The van der Waals surface area contributed by atoms with Gasteiger partial charge in [0.25, 0.3) is 0 Å². The highest BCUT2D eigenvalue weighted by Crippen LogP contribution is 2.32. The Bertz CT molecular complexity index is 801. The maximum absolute atomic E-state index is 10.9. The van der Waals surface area contributed by atoms with Crippen molar-refractivity contribution in [2.45, 2.75) is 46.8 Å². The molecular formula is C26H42N4O3. The first kappa shape index (κ1) is 25.7. The van der Waals surface area contributed by atoms with E-state index in [1.165, 1.54) is 0 Å². The lowest BCUT2D eigenvalue weighted by Gasteiger charge is -2.31. The van der Waals surface area contributed by atoms with Gasteiger partial charge in [-0.25, -0.2) is 0 Å². The molecule has 33 heavy (non-hydrogen) atoms. The van der Waals surface area contributed by atoms with E-state index in [0.717, 1.165) is 75.1 Å². The number of anilines is 1. The van der Waals surface area contributed by atoms with Gasteiger partial charge >= 0.3 is 0 Å². The van der Waals surface area contributed by atoms with Crippen LogP contribution in [0.5, 0.6) is 0 Å². The summed E-state index contributed by atoms with van der Waals surface area (Å²) in [6.07, 6.45) is 0.670. The first-order chi connectivity index (χ1) is 16.0. The predicted molar refractivity (Wildman–Crippen MR) is 133 cm³/mol. The van der Waals surface area contributed by atoms with Gasteiger partial charge in [0.15, 0.2) is 0 Å². The molecule has 1 aromatic heterocycles. The smallest absolute Gasteiger partial charge is 0.232 e. The quantitative estimate of drug-likeness (QED) is 0.491. The highest BCUT2D eigenvalue weighted by atomic mass is 16.5. The van der Waals surface area contributed by atoms with Crippen LogP contribution in [0.4, 0.5) is 5.88 Å². The molecule has 1 aliphatic heterocycles. The fourth-order valence-corrected chi connectivity index (χ4v) is 4.36. The van der Waals surface area contributed by atoms with Crippen LogP contribution < -0.4 is 4.90 Å². The van der Waals surface area contributed by atoms with Crippen molar-refractivity contribution in [1.82, 2.24) is 15.0 Å². The van der Waals surface area contributed by atoms with Crippen LogP contribution in [0.15, 0.2) is 34.9 Å². The Morgan fingerprint density at radius 2 is 1.79 bits per heavy atom. The maximum atomic E-state index is 10.9. The molecule has 184 valence electrons. The molecule has 7 nitrogen and oxygen atoms in total. The lowest BCUT2D eigenvalue weighted by Crippen LogP contribution is -2.44. The van der Waals surface area contributed by atoms with E-state index in [4.69, 9.17) is 9.26 Å². The number of nitrogens with zero attached hydrogens (tertiary/aromatic N) is 4. The minimum atomic E-state index is -0.410. The lowest BCUT2D eigenvalue weighted by atomic mass is 10.1. The molecule has 3 rings (SSSR count). The molecule has 0 radical (unpaired) electrons. The molecule has 1 atom stereocenters.